The van der Waals surface area contributed by atoms with E-state index < -0.39 is 0 Å². The van der Waals surface area contributed by atoms with E-state index in [-0.39, 0.29) is 12.6 Å². The van der Waals surface area contributed by atoms with E-state index >= 15 is 0 Å². The van der Waals surface area contributed by atoms with E-state index in [2.05, 4.69) is 55.9 Å². The van der Waals surface area contributed by atoms with Gasteiger partial charge >= 0.3 is 0 Å². The number of anilines is 1. The minimum atomic E-state index is 0.0147. The summed E-state index contributed by atoms with van der Waals surface area (Å²) in [4.78, 5) is 14.8. The number of nitrogens with one attached hydrogen (secondary N) is 1. The molecule has 0 aliphatic heterocycles. The van der Waals surface area contributed by atoms with Crippen molar-refractivity contribution in [2.24, 2.45) is 0 Å². The van der Waals surface area contributed by atoms with Crippen molar-refractivity contribution in [1.29, 1.82) is 0 Å². The molecule has 6 nitrogen and oxygen atoms in total. The Bertz CT molecular complexity index is 973. The fraction of sp³-hybridized carbons (Fsp3) is 0.500. The van der Waals surface area contributed by atoms with E-state index in [0.29, 0.717) is 5.92 Å². The Hall–Kier alpha value is -2.47. The lowest BCUT2D eigenvalue weighted by Gasteiger charge is -2.17. The van der Waals surface area contributed by atoms with Crippen molar-refractivity contribution in [3.05, 3.63) is 35.3 Å². The number of pyridine rings is 1. The minimum absolute atomic E-state index is 0.0147. The summed E-state index contributed by atoms with van der Waals surface area (Å²) in [5.74, 6) is 1.19. The van der Waals surface area contributed by atoms with Gasteiger partial charge in [0.1, 0.15) is 11.3 Å². The zero-order valence-electron chi connectivity index (χ0n) is 17.7. The lowest BCUT2D eigenvalue weighted by atomic mass is 10.0. The maximum Gasteiger partial charge on any atom is 0.159 e. The first-order valence-corrected chi connectivity index (χ1v) is 10.1. The van der Waals surface area contributed by atoms with Crippen LogP contribution < -0.4 is 5.32 Å². The van der Waals surface area contributed by atoms with Gasteiger partial charge in [0.15, 0.2) is 5.65 Å². The molecular weight excluding hydrogens is 350 g/mol. The van der Waals surface area contributed by atoms with E-state index in [4.69, 9.17) is 15.0 Å². The fourth-order valence-corrected chi connectivity index (χ4v) is 3.57. The van der Waals surface area contributed by atoms with Crippen LogP contribution in [0.2, 0.25) is 0 Å². The molecule has 3 rings (SSSR count). The van der Waals surface area contributed by atoms with Gasteiger partial charge in [0.2, 0.25) is 0 Å². The van der Waals surface area contributed by atoms with Gasteiger partial charge in [-0.05, 0) is 43.4 Å². The third kappa shape index (κ3) is 3.49. The third-order valence-electron chi connectivity index (χ3n) is 5.31. The first kappa shape index (κ1) is 20.3. The molecule has 2 N–H and O–H groups in total. The summed E-state index contributed by atoms with van der Waals surface area (Å²) in [7, 11) is 1.89. The smallest absolute Gasteiger partial charge is 0.159 e. The van der Waals surface area contributed by atoms with Crippen LogP contribution in [0.5, 0.6) is 0 Å². The van der Waals surface area contributed by atoms with Gasteiger partial charge in [0.05, 0.1) is 24.0 Å². The van der Waals surface area contributed by atoms with Crippen molar-refractivity contribution in [3.8, 4) is 11.3 Å². The Balaban J connectivity index is 2.24. The molecule has 0 unspecified atom stereocenters. The fourth-order valence-electron chi connectivity index (χ4n) is 3.57. The number of aryl methyl sites for hydroxylation is 2. The number of fused-ring (bicyclic) bond motifs is 1. The average Bonchev–Trinajstić information content (AvgIpc) is 3.03. The summed E-state index contributed by atoms with van der Waals surface area (Å²) >= 11 is 0. The molecule has 0 saturated heterocycles. The van der Waals surface area contributed by atoms with Crippen molar-refractivity contribution in [1.82, 2.24) is 19.5 Å². The molecule has 0 saturated carbocycles. The third-order valence-corrected chi connectivity index (χ3v) is 5.31. The Morgan fingerprint density at radius 1 is 1.14 bits per heavy atom. The summed E-state index contributed by atoms with van der Waals surface area (Å²) < 4.78 is 2.07. The van der Waals surface area contributed by atoms with Crippen LogP contribution >= 0.6 is 0 Å². The molecule has 0 aromatic carbocycles. The number of aromatic nitrogens is 4. The molecule has 0 aliphatic carbocycles. The summed E-state index contributed by atoms with van der Waals surface area (Å²) in [5, 5.41) is 13.0. The zero-order chi connectivity index (χ0) is 20.4. The van der Waals surface area contributed by atoms with E-state index in [0.717, 1.165) is 58.0 Å². The van der Waals surface area contributed by atoms with Crippen LogP contribution in [0.3, 0.4) is 0 Å². The molecule has 3 aromatic rings. The van der Waals surface area contributed by atoms with Gasteiger partial charge in [0, 0.05) is 24.5 Å². The van der Waals surface area contributed by atoms with Gasteiger partial charge in [-0.2, -0.15) is 0 Å². The lowest BCUT2D eigenvalue weighted by molar-refractivity contribution is 0.227. The summed E-state index contributed by atoms with van der Waals surface area (Å²) in [6.07, 6.45) is 3.67. The molecule has 3 heterocycles. The first-order valence-electron chi connectivity index (χ1n) is 10.1. The molecule has 0 fully saturated rings. The van der Waals surface area contributed by atoms with Crippen LogP contribution in [0.4, 0.5) is 5.82 Å². The summed E-state index contributed by atoms with van der Waals surface area (Å²) in [5.41, 5.74) is 6.63. The second-order valence-electron chi connectivity index (χ2n) is 7.55. The number of nitrogens with zero attached hydrogens (tertiary/aromatic N) is 4. The van der Waals surface area contributed by atoms with Gasteiger partial charge in [-0.3, -0.25) is 0 Å². The van der Waals surface area contributed by atoms with Crippen molar-refractivity contribution < 1.29 is 5.11 Å². The van der Waals surface area contributed by atoms with Crippen molar-refractivity contribution in [3.63, 3.8) is 0 Å². The quantitative estimate of drug-likeness (QED) is 0.631. The topological polar surface area (TPSA) is 75.9 Å². The molecule has 3 aromatic heterocycles. The molecule has 28 heavy (non-hydrogen) atoms. The van der Waals surface area contributed by atoms with Crippen LogP contribution in [0, 0.1) is 6.92 Å². The molecule has 0 radical (unpaired) electrons. The summed E-state index contributed by atoms with van der Waals surface area (Å²) in [6.45, 7) is 10.6. The van der Waals surface area contributed by atoms with Gasteiger partial charge in [-0.25, -0.2) is 15.0 Å². The molecular formula is C22H31N5O. The minimum Gasteiger partial charge on any atom is -0.394 e. The van der Waals surface area contributed by atoms with E-state index in [1.165, 1.54) is 0 Å². The number of aliphatic hydroxyl groups is 1. The zero-order valence-corrected chi connectivity index (χ0v) is 17.7. The normalized spacial score (nSPS) is 12.7. The highest BCUT2D eigenvalue weighted by atomic mass is 16.3. The van der Waals surface area contributed by atoms with Crippen LogP contribution in [0.1, 0.15) is 63.0 Å². The molecule has 0 bridgehead atoms. The number of hydrogen-bond acceptors (Lipinski definition) is 5. The van der Waals surface area contributed by atoms with Crippen LogP contribution in [-0.4, -0.2) is 38.3 Å². The molecule has 0 amide bonds. The predicted octanol–water partition coefficient (Wildman–Crippen LogP) is 4.47. The van der Waals surface area contributed by atoms with E-state index in [1.807, 2.05) is 14.0 Å². The molecule has 0 spiro atoms. The van der Waals surface area contributed by atoms with Crippen molar-refractivity contribution >= 4 is 17.0 Å². The van der Waals surface area contributed by atoms with Gasteiger partial charge < -0.3 is 15.0 Å². The number of hydrogen-bond donors (Lipinski definition) is 2. The highest BCUT2D eigenvalue weighted by Gasteiger charge is 2.20. The van der Waals surface area contributed by atoms with Crippen molar-refractivity contribution in [2.45, 2.75) is 59.4 Å². The Labute approximate surface area is 167 Å². The Kier molecular flexibility index (Phi) is 5.98. The average molecular weight is 382 g/mol. The number of rotatable bonds is 7. The largest absolute Gasteiger partial charge is 0.394 e. The maximum absolute atomic E-state index is 9.76. The van der Waals surface area contributed by atoms with Gasteiger partial charge in [0.25, 0.3) is 0 Å². The maximum atomic E-state index is 9.76. The second-order valence-corrected chi connectivity index (χ2v) is 7.55. The Morgan fingerprint density at radius 3 is 2.46 bits per heavy atom. The molecule has 150 valence electrons. The molecule has 6 heteroatoms. The second kappa shape index (κ2) is 8.27. The predicted molar refractivity (Wildman–Crippen MR) is 115 cm³/mol. The van der Waals surface area contributed by atoms with Crippen LogP contribution in [0.25, 0.3) is 22.4 Å². The van der Waals surface area contributed by atoms with Crippen molar-refractivity contribution in [2.75, 3.05) is 19.0 Å². The van der Waals surface area contributed by atoms with E-state index in [1.54, 1.807) is 0 Å². The van der Waals surface area contributed by atoms with E-state index in [9.17, 15) is 5.11 Å². The highest BCUT2D eigenvalue weighted by molar-refractivity contribution is 5.82. The summed E-state index contributed by atoms with van der Waals surface area (Å²) in [6, 6.07) is 4.18. The molecule has 1 atom stereocenters. The van der Waals surface area contributed by atoms with Gasteiger partial charge in [-0.1, -0.05) is 27.7 Å². The number of aliphatic hydroxyl groups excluding tert-OH is 1. The standard InChI is InChI=1S/C22H31N5O/c1-7-15(12-28)27-11-14(5)19-22(27)25-17(8-2)20(26-19)16-9-10-18(13(3)4)24-21(16)23-6/h9-11,13,15,28H,7-8,12H2,1-6H3,(H,23,24)/t15-/m1/s1. The van der Waals surface area contributed by atoms with Crippen LogP contribution in [0.15, 0.2) is 18.3 Å². The monoisotopic (exact) mass is 381 g/mol. The Morgan fingerprint density at radius 2 is 1.89 bits per heavy atom. The SMILES string of the molecule is CCc1nc2c(nc1-c1ccc(C(C)C)nc1NC)c(C)cn2[C@H](CC)CO. The molecule has 0 aliphatic rings. The van der Waals surface area contributed by atoms with Gasteiger partial charge in [-0.15, -0.1) is 0 Å². The highest BCUT2D eigenvalue weighted by Crippen LogP contribution is 2.32. The first-order chi connectivity index (χ1) is 13.4. The van der Waals surface area contributed by atoms with Crippen LogP contribution in [-0.2, 0) is 6.42 Å². The lowest BCUT2D eigenvalue weighted by Crippen LogP contribution is -2.12.